The maximum atomic E-state index is 11.8. The average Bonchev–Trinajstić information content (AvgIpc) is 2.27. The molecule has 0 heterocycles. The molecule has 1 unspecified atom stereocenters. The number of carbonyl (C=O) groups excluding carboxylic acids is 1. The molecule has 82 valence electrons. The lowest BCUT2D eigenvalue weighted by molar-refractivity contribution is -0.122. The first kappa shape index (κ1) is 11.8. The van der Waals surface area contributed by atoms with Crippen LogP contribution < -0.4 is 5.32 Å². The highest BCUT2D eigenvalue weighted by molar-refractivity contribution is 5.83. The smallest absolute Gasteiger partial charge is 0.227 e. The Morgan fingerprint density at radius 3 is 2.47 bits per heavy atom. The van der Waals surface area contributed by atoms with Gasteiger partial charge in [-0.25, -0.2) is 0 Å². The van der Waals surface area contributed by atoms with Crippen molar-refractivity contribution in [2.24, 2.45) is 0 Å². The summed E-state index contributed by atoms with van der Waals surface area (Å²) in [6, 6.07) is 9.99. The molecule has 15 heavy (non-hydrogen) atoms. The predicted octanol–water partition coefficient (Wildman–Crippen LogP) is 2.71. The number of amides is 1. The van der Waals surface area contributed by atoms with Gasteiger partial charge in [-0.05, 0) is 18.9 Å². The monoisotopic (exact) mass is 205 g/mol. The SMILES string of the molecule is CCCC(C(=O)NCC)c1ccccc1. The van der Waals surface area contributed by atoms with Crippen LogP contribution in [0.25, 0.3) is 0 Å². The molecule has 0 spiro atoms. The Bertz CT molecular complexity index is 295. The zero-order valence-electron chi connectivity index (χ0n) is 9.49. The van der Waals surface area contributed by atoms with E-state index in [4.69, 9.17) is 0 Å². The molecule has 0 saturated carbocycles. The van der Waals surface area contributed by atoms with Gasteiger partial charge in [-0.2, -0.15) is 0 Å². The molecular formula is C13H19NO. The number of hydrogen-bond donors (Lipinski definition) is 1. The Hall–Kier alpha value is -1.31. The molecule has 0 aliphatic rings. The van der Waals surface area contributed by atoms with Crippen molar-refractivity contribution in [3.05, 3.63) is 35.9 Å². The van der Waals surface area contributed by atoms with Gasteiger partial charge in [-0.3, -0.25) is 4.79 Å². The number of hydrogen-bond acceptors (Lipinski definition) is 1. The van der Waals surface area contributed by atoms with Gasteiger partial charge in [0.15, 0.2) is 0 Å². The average molecular weight is 205 g/mol. The van der Waals surface area contributed by atoms with Gasteiger partial charge < -0.3 is 5.32 Å². The summed E-state index contributed by atoms with van der Waals surface area (Å²) in [6.45, 7) is 4.76. The first-order valence-electron chi connectivity index (χ1n) is 5.62. The number of likely N-dealkylation sites (N-methyl/N-ethyl adjacent to an activating group) is 1. The van der Waals surface area contributed by atoms with Crippen LogP contribution in [0.1, 0.15) is 38.2 Å². The van der Waals surface area contributed by atoms with E-state index in [1.165, 1.54) is 0 Å². The quantitative estimate of drug-likeness (QED) is 0.786. The van der Waals surface area contributed by atoms with Crippen LogP contribution >= 0.6 is 0 Å². The third-order valence-corrected chi connectivity index (χ3v) is 2.45. The minimum atomic E-state index is 0.0103. The molecule has 0 aliphatic heterocycles. The number of carbonyl (C=O) groups is 1. The second kappa shape index (κ2) is 6.23. The molecule has 0 aromatic heterocycles. The van der Waals surface area contributed by atoms with Gasteiger partial charge in [0.25, 0.3) is 0 Å². The van der Waals surface area contributed by atoms with Crippen LogP contribution in [0.15, 0.2) is 30.3 Å². The number of rotatable bonds is 5. The van der Waals surface area contributed by atoms with Crippen LogP contribution in [0.3, 0.4) is 0 Å². The fourth-order valence-corrected chi connectivity index (χ4v) is 1.72. The molecule has 0 bridgehead atoms. The largest absolute Gasteiger partial charge is 0.356 e. The normalized spacial score (nSPS) is 12.1. The van der Waals surface area contributed by atoms with Gasteiger partial charge in [0.2, 0.25) is 5.91 Å². The molecule has 0 aliphatic carbocycles. The first-order valence-corrected chi connectivity index (χ1v) is 5.62. The molecule has 0 fully saturated rings. The zero-order chi connectivity index (χ0) is 11.1. The van der Waals surface area contributed by atoms with E-state index >= 15 is 0 Å². The highest BCUT2D eigenvalue weighted by atomic mass is 16.1. The molecule has 1 rings (SSSR count). The second-order valence-electron chi connectivity index (χ2n) is 3.65. The third kappa shape index (κ3) is 3.39. The summed E-state index contributed by atoms with van der Waals surface area (Å²) in [5.74, 6) is 0.154. The zero-order valence-corrected chi connectivity index (χ0v) is 9.49. The van der Waals surface area contributed by atoms with E-state index in [1.54, 1.807) is 0 Å². The van der Waals surface area contributed by atoms with E-state index in [0.29, 0.717) is 6.54 Å². The molecule has 0 saturated heterocycles. The summed E-state index contributed by atoms with van der Waals surface area (Å²) < 4.78 is 0. The third-order valence-electron chi connectivity index (χ3n) is 2.45. The molecule has 2 nitrogen and oxygen atoms in total. The van der Waals surface area contributed by atoms with Crippen molar-refractivity contribution in [1.82, 2.24) is 5.32 Å². The summed E-state index contributed by atoms with van der Waals surface area (Å²) >= 11 is 0. The van der Waals surface area contributed by atoms with E-state index in [1.807, 2.05) is 37.3 Å². The van der Waals surface area contributed by atoms with Gasteiger partial charge in [-0.1, -0.05) is 43.7 Å². The van der Waals surface area contributed by atoms with Crippen molar-refractivity contribution >= 4 is 5.91 Å². The number of benzene rings is 1. The Labute approximate surface area is 91.7 Å². The van der Waals surface area contributed by atoms with Gasteiger partial charge in [-0.15, -0.1) is 0 Å². The van der Waals surface area contributed by atoms with E-state index in [0.717, 1.165) is 18.4 Å². The summed E-state index contributed by atoms with van der Waals surface area (Å²) in [5.41, 5.74) is 1.12. The molecule has 1 aromatic carbocycles. The van der Waals surface area contributed by atoms with E-state index in [-0.39, 0.29) is 11.8 Å². The van der Waals surface area contributed by atoms with E-state index < -0.39 is 0 Å². The Kier molecular flexibility index (Phi) is 4.88. The van der Waals surface area contributed by atoms with Gasteiger partial charge in [0.1, 0.15) is 0 Å². The van der Waals surface area contributed by atoms with E-state index in [2.05, 4.69) is 12.2 Å². The van der Waals surface area contributed by atoms with Crippen LogP contribution in [0.2, 0.25) is 0 Å². The van der Waals surface area contributed by atoms with E-state index in [9.17, 15) is 4.79 Å². The Balaban J connectivity index is 2.78. The Morgan fingerprint density at radius 2 is 1.93 bits per heavy atom. The second-order valence-corrected chi connectivity index (χ2v) is 3.65. The summed E-state index contributed by atoms with van der Waals surface area (Å²) in [4.78, 5) is 11.8. The molecule has 2 heteroatoms. The van der Waals surface area contributed by atoms with Gasteiger partial charge in [0, 0.05) is 6.54 Å². The molecule has 1 amide bonds. The predicted molar refractivity (Wildman–Crippen MR) is 62.8 cm³/mol. The minimum Gasteiger partial charge on any atom is -0.356 e. The van der Waals surface area contributed by atoms with Crippen molar-refractivity contribution in [2.75, 3.05) is 6.54 Å². The maximum absolute atomic E-state index is 11.8. The highest BCUT2D eigenvalue weighted by Crippen LogP contribution is 2.20. The minimum absolute atomic E-state index is 0.0103. The molecule has 1 N–H and O–H groups in total. The highest BCUT2D eigenvalue weighted by Gasteiger charge is 2.18. The summed E-state index contributed by atoms with van der Waals surface area (Å²) in [5, 5.41) is 2.89. The fourth-order valence-electron chi connectivity index (χ4n) is 1.72. The summed E-state index contributed by atoms with van der Waals surface area (Å²) in [7, 11) is 0. The van der Waals surface area contributed by atoms with Crippen molar-refractivity contribution in [1.29, 1.82) is 0 Å². The lowest BCUT2D eigenvalue weighted by atomic mass is 9.94. The first-order chi connectivity index (χ1) is 7.29. The van der Waals surface area contributed by atoms with Crippen LogP contribution in [0.4, 0.5) is 0 Å². The fraction of sp³-hybridized carbons (Fsp3) is 0.462. The lowest BCUT2D eigenvalue weighted by Crippen LogP contribution is -2.29. The lowest BCUT2D eigenvalue weighted by Gasteiger charge is -2.15. The van der Waals surface area contributed by atoms with Crippen molar-refractivity contribution < 1.29 is 4.79 Å². The van der Waals surface area contributed by atoms with Gasteiger partial charge >= 0.3 is 0 Å². The Morgan fingerprint density at radius 1 is 1.27 bits per heavy atom. The number of nitrogens with one attached hydrogen (secondary N) is 1. The van der Waals surface area contributed by atoms with Crippen molar-refractivity contribution in [3.63, 3.8) is 0 Å². The molecule has 1 atom stereocenters. The molecular weight excluding hydrogens is 186 g/mol. The topological polar surface area (TPSA) is 29.1 Å². The summed E-state index contributed by atoms with van der Waals surface area (Å²) in [6.07, 6.45) is 1.94. The van der Waals surface area contributed by atoms with Gasteiger partial charge in [0.05, 0.1) is 5.92 Å². The van der Waals surface area contributed by atoms with Crippen molar-refractivity contribution in [3.8, 4) is 0 Å². The molecule has 1 aromatic rings. The van der Waals surface area contributed by atoms with Crippen LogP contribution in [0, 0.1) is 0 Å². The maximum Gasteiger partial charge on any atom is 0.227 e. The van der Waals surface area contributed by atoms with Crippen molar-refractivity contribution in [2.45, 2.75) is 32.6 Å². The van der Waals surface area contributed by atoms with Crippen LogP contribution in [-0.2, 0) is 4.79 Å². The van der Waals surface area contributed by atoms with Crippen LogP contribution in [0.5, 0.6) is 0 Å². The van der Waals surface area contributed by atoms with Crippen LogP contribution in [-0.4, -0.2) is 12.5 Å². The standard InChI is InChI=1S/C13H19NO/c1-3-8-12(13(15)14-4-2)11-9-6-5-7-10-11/h5-7,9-10,12H,3-4,8H2,1-2H3,(H,14,15). The molecule has 0 radical (unpaired) electrons.